The second-order valence-electron chi connectivity index (χ2n) is 6.42. The second-order valence-corrected chi connectivity index (χ2v) is 6.42. The Hall–Kier alpha value is -3.53. The van der Waals surface area contributed by atoms with Gasteiger partial charge in [0, 0.05) is 12.2 Å². The van der Waals surface area contributed by atoms with Gasteiger partial charge in [-0.25, -0.2) is 4.79 Å². The van der Waals surface area contributed by atoms with Crippen molar-refractivity contribution < 1.29 is 23.8 Å². The number of carbonyl (C=O) groups excluding carboxylic acids is 2. The molecule has 7 nitrogen and oxygen atoms in total. The number of aryl methyl sites for hydroxylation is 2. The molecule has 0 N–H and O–H groups in total. The van der Waals surface area contributed by atoms with Gasteiger partial charge in [-0.2, -0.15) is 5.26 Å². The van der Waals surface area contributed by atoms with Crippen molar-refractivity contribution in [3.63, 3.8) is 0 Å². The fraction of sp³-hybridized carbons (Fsp3) is 0.318. The quantitative estimate of drug-likeness (QED) is 0.605. The molecule has 0 spiro atoms. The zero-order valence-corrected chi connectivity index (χ0v) is 16.8. The molecule has 2 rings (SSSR count). The number of benzene rings is 2. The number of nitriles is 1. The lowest BCUT2D eigenvalue weighted by molar-refractivity contribution is -0.149. The van der Waals surface area contributed by atoms with Gasteiger partial charge in [-0.3, -0.25) is 4.79 Å². The fourth-order valence-corrected chi connectivity index (χ4v) is 2.74. The van der Waals surface area contributed by atoms with E-state index >= 15 is 0 Å². The van der Waals surface area contributed by atoms with Crippen molar-refractivity contribution in [3.05, 3.63) is 53.6 Å². The number of rotatable bonds is 9. The molecule has 152 valence electrons. The van der Waals surface area contributed by atoms with E-state index in [0.29, 0.717) is 17.2 Å². The molecular formula is C22H24N2O5. The third kappa shape index (κ3) is 6.85. The molecule has 0 aliphatic rings. The Labute approximate surface area is 170 Å². The average molecular weight is 396 g/mol. The van der Waals surface area contributed by atoms with Gasteiger partial charge in [0.05, 0.1) is 19.6 Å². The SMILES string of the molecule is COc1ccc(OCC(=O)OCC(=O)N(CCC#N)c2cc(C)cc(C)c2)cc1. The molecule has 0 bridgehead atoms. The highest BCUT2D eigenvalue weighted by Crippen LogP contribution is 2.20. The van der Waals surface area contributed by atoms with E-state index in [9.17, 15) is 9.59 Å². The lowest BCUT2D eigenvalue weighted by Gasteiger charge is -2.22. The van der Waals surface area contributed by atoms with Crippen LogP contribution in [0.25, 0.3) is 0 Å². The molecule has 0 fully saturated rings. The second kappa shape index (κ2) is 10.7. The molecule has 0 unspecified atom stereocenters. The summed E-state index contributed by atoms with van der Waals surface area (Å²) in [5.74, 6) is 0.104. The van der Waals surface area contributed by atoms with Crippen LogP contribution in [0.3, 0.4) is 0 Å². The molecule has 0 aliphatic carbocycles. The summed E-state index contributed by atoms with van der Waals surface area (Å²) in [6.45, 7) is 3.34. The van der Waals surface area contributed by atoms with Crippen LogP contribution in [0.4, 0.5) is 5.69 Å². The topological polar surface area (TPSA) is 88.9 Å². The molecule has 2 aromatic rings. The molecule has 0 radical (unpaired) electrons. The minimum atomic E-state index is -0.658. The van der Waals surface area contributed by atoms with E-state index in [0.717, 1.165) is 11.1 Å². The number of nitrogens with zero attached hydrogens (tertiary/aromatic N) is 2. The first-order valence-electron chi connectivity index (χ1n) is 9.11. The highest BCUT2D eigenvalue weighted by molar-refractivity contribution is 5.95. The van der Waals surface area contributed by atoms with Gasteiger partial charge in [-0.15, -0.1) is 0 Å². The molecular weight excluding hydrogens is 372 g/mol. The molecule has 0 aliphatic heterocycles. The molecule has 7 heteroatoms. The number of anilines is 1. The number of ether oxygens (including phenoxy) is 3. The van der Waals surface area contributed by atoms with Crippen LogP contribution in [0.1, 0.15) is 17.5 Å². The highest BCUT2D eigenvalue weighted by Gasteiger charge is 2.18. The van der Waals surface area contributed by atoms with Gasteiger partial charge in [-0.05, 0) is 61.4 Å². The normalized spacial score (nSPS) is 10.0. The standard InChI is InChI=1S/C22H24N2O5/c1-16-11-17(2)13-18(12-16)24(10-4-9-23)21(25)14-29-22(26)15-28-20-7-5-19(27-3)6-8-20/h5-8,11-13H,4,10,14-15H2,1-3H3. The van der Waals surface area contributed by atoms with Gasteiger partial charge in [0.25, 0.3) is 5.91 Å². The number of esters is 1. The summed E-state index contributed by atoms with van der Waals surface area (Å²) in [5, 5.41) is 8.88. The third-order valence-electron chi connectivity index (χ3n) is 4.04. The molecule has 2 aromatic carbocycles. The smallest absolute Gasteiger partial charge is 0.344 e. The van der Waals surface area contributed by atoms with Crippen molar-refractivity contribution >= 4 is 17.6 Å². The Morgan fingerprint density at radius 1 is 1.00 bits per heavy atom. The van der Waals surface area contributed by atoms with Crippen LogP contribution in [0.2, 0.25) is 0 Å². The van der Waals surface area contributed by atoms with Crippen LogP contribution in [0.15, 0.2) is 42.5 Å². The zero-order valence-electron chi connectivity index (χ0n) is 16.8. The number of carbonyl (C=O) groups is 2. The van der Waals surface area contributed by atoms with Gasteiger partial charge in [0.2, 0.25) is 0 Å². The van der Waals surface area contributed by atoms with Crippen molar-refractivity contribution in [3.8, 4) is 17.6 Å². The van der Waals surface area contributed by atoms with Crippen LogP contribution in [-0.4, -0.2) is 38.7 Å². The number of hydrogen-bond donors (Lipinski definition) is 0. The lowest BCUT2D eigenvalue weighted by atomic mass is 10.1. The zero-order chi connectivity index (χ0) is 21.2. The van der Waals surface area contributed by atoms with Crippen molar-refractivity contribution in [1.29, 1.82) is 5.26 Å². The molecule has 1 amide bonds. The Bertz CT molecular complexity index is 867. The van der Waals surface area contributed by atoms with Crippen LogP contribution in [-0.2, 0) is 14.3 Å². The van der Waals surface area contributed by atoms with Crippen LogP contribution < -0.4 is 14.4 Å². The van der Waals surface area contributed by atoms with E-state index in [1.165, 1.54) is 4.90 Å². The first kappa shape index (κ1) is 21.8. The van der Waals surface area contributed by atoms with Crippen molar-refractivity contribution in [2.24, 2.45) is 0 Å². The summed E-state index contributed by atoms with van der Waals surface area (Å²) >= 11 is 0. The molecule has 29 heavy (non-hydrogen) atoms. The van der Waals surface area contributed by atoms with Gasteiger partial charge in [-0.1, -0.05) is 6.07 Å². The highest BCUT2D eigenvalue weighted by atomic mass is 16.6. The predicted octanol–water partition coefficient (Wildman–Crippen LogP) is 3.18. The minimum absolute atomic E-state index is 0.174. The van der Waals surface area contributed by atoms with E-state index in [2.05, 4.69) is 0 Å². The average Bonchev–Trinajstić information content (AvgIpc) is 2.70. The first-order valence-corrected chi connectivity index (χ1v) is 9.11. The van der Waals surface area contributed by atoms with E-state index in [1.54, 1.807) is 31.4 Å². The molecule has 0 heterocycles. The number of amides is 1. The van der Waals surface area contributed by atoms with Crippen molar-refractivity contribution in [2.75, 3.05) is 31.8 Å². The Morgan fingerprint density at radius 3 is 2.21 bits per heavy atom. The van der Waals surface area contributed by atoms with Gasteiger partial charge < -0.3 is 19.1 Å². The monoisotopic (exact) mass is 396 g/mol. The van der Waals surface area contributed by atoms with Gasteiger partial charge in [0.15, 0.2) is 13.2 Å². The molecule has 0 saturated heterocycles. The summed E-state index contributed by atoms with van der Waals surface area (Å²) in [5.41, 5.74) is 2.67. The van der Waals surface area contributed by atoms with Crippen molar-refractivity contribution in [1.82, 2.24) is 0 Å². The van der Waals surface area contributed by atoms with Gasteiger partial charge >= 0.3 is 5.97 Å². The third-order valence-corrected chi connectivity index (χ3v) is 4.04. The maximum absolute atomic E-state index is 12.6. The number of hydrogen-bond acceptors (Lipinski definition) is 6. The Kier molecular flexibility index (Phi) is 8.04. The minimum Gasteiger partial charge on any atom is -0.497 e. The van der Waals surface area contributed by atoms with Crippen molar-refractivity contribution in [2.45, 2.75) is 20.3 Å². The maximum Gasteiger partial charge on any atom is 0.344 e. The fourth-order valence-electron chi connectivity index (χ4n) is 2.74. The summed E-state index contributed by atoms with van der Waals surface area (Å²) in [6, 6.07) is 14.5. The molecule has 0 saturated carbocycles. The number of methoxy groups -OCH3 is 1. The molecule has 0 aromatic heterocycles. The summed E-state index contributed by atoms with van der Waals surface area (Å²) < 4.78 is 15.4. The van der Waals surface area contributed by atoms with Gasteiger partial charge in [0.1, 0.15) is 11.5 Å². The predicted molar refractivity (Wildman–Crippen MR) is 108 cm³/mol. The van der Waals surface area contributed by atoms with E-state index in [4.69, 9.17) is 19.5 Å². The van der Waals surface area contributed by atoms with Crippen LogP contribution in [0.5, 0.6) is 11.5 Å². The Morgan fingerprint density at radius 2 is 1.62 bits per heavy atom. The Balaban J connectivity index is 1.92. The van der Waals surface area contributed by atoms with Crippen LogP contribution in [0, 0.1) is 25.2 Å². The summed E-state index contributed by atoms with van der Waals surface area (Å²) in [6.07, 6.45) is 0.174. The first-order chi connectivity index (χ1) is 13.9. The summed E-state index contributed by atoms with van der Waals surface area (Å²) in [4.78, 5) is 26.0. The van der Waals surface area contributed by atoms with E-state index in [1.807, 2.05) is 38.1 Å². The van der Waals surface area contributed by atoms with E-state index in [-0.39, 0.29) is 19.6 Å². The molecule has 0 atom stereocenters. The van der Waals surface area contributed by atoms with Crippen LogP contribution >= 0.6 is 0 Å². The summed E-state index contributed by atoms with van der Waals surface area (Å²) in [7, 11) is 1.56. The lowest BCUT2D eigenvalue weighted by Crippen LogP contribution is -2.36. The van der Waals surface area contributed by atoms with E-state index < -0.39 is 18.5 Å². The largest absolute Gasteiger partial charge is 0.497 e. The maximum atomic E-state index is 12.6.